The normalized spacial score (nSPS) is 16.6. The molecule has 0 bridgehead atoms. The monoisotopic (exact) mass is 351 g/mol. The first-order chi connectivity index (χ1) is 10.0. The first kappa shape index (κ1) is 14.2. The number of fused-ring (bicyclic) bond motifs is 1. The lowest BCUT2D eigenvalue weighted by Crippen LogP contribution is -2.39. The van der Waals surface area contributed by atoms with Crippen LogP contribution in [0, 0.1) is 15.5 Å². The van der Waals surface area contributed by atoms with Crippen LogP contribution in [0.2, 0.25) is 0 Å². The van der Waals surface area contributed by atoms with Gasteiger partial charge in [-0.05, 0) is 24.3 Å². The van der Waals surface area contributed by atoms with Crippen LogP contribution in [-0.4, -0.2) is 19.8 Å². The summed E-state index contributed by atoms with van der Waals surface area (Å²) in [5.74, 6) is 0. The number of halogens is 1. The highest BCUT2D eigenvalue weighted by Gasteiger charge is 2.36. The van der Waals surface area contributed by atoms with Gasteiger partial charge in [-0.15, -0.1) is 0 Å². The molecule has 0 unspecified atom stereocenters. The number of benzene rings is 1. The Bertz CT molecular complexity index is 762. The van der Waals surface area contributed by atoms with Gasteiger partial charge < -0.3 is 0 Å². The molecule has 1 aromatic heterocycles. The quantitative estimate of drug-likeness (QED) is 0.482. The molecule has 6 nitrogen and oxygen atoms in total. The second kappa shape index (κ2) is 5.22. The number of alkyl halides is 1. The van der Waals surface area contributed by atoms with Crippen molar-refractivity contribution in [2.45, 2.75) is 25.8 Å². The molecule has 1 heterocycles. The minimum atomic E-state index is -0.498. The van der Waals surface area contributed by atoms with Crippen LogP contribution in [0.25, 0.3) is 10.9 Å². The van der Waals surface area contributed by atoms with Gasteiger partial charge in [0.25, 0.3) is 11.2 Å². The van der Waals surface area contributed by atoms with Crippen molar-refractivity contribution in [3.63, 3.8) is 0 Å². The number of rotatable bonds is 4. The second-order valence-electron chi connectivity index (χ2n) is 5.62. The van der Waals surface area contributed by atoms with Crippen molar-refractivity contribution < 1.29 is 4.92 Å². The fourth-order valence-electron chi connectivity index (χ4n) is 2.75. The van der Waals surface area contributed by atoms with E-state index < -0.39 is 4.92 Å². The third-order valence-corrected chi connectivity index (χ3v) is 5.41. The van der Waals surface area contributed by atoms with Gasteiger partial charge in [0.15, 0.2) is 0 Å². The van der Waals surface area contributed by atoms with E-state index in [1.165, 1.54) is 24.6 Å². The standard InChI is InChI=1S/C14H14BrN3O3/c15-7-14(4-1-5-14)8-17-9-16-12-3-2-10(18(20)21)6-11(12)13(17)19/h2-3,6,9H,1,4-5,7-8H2. The van der Waals surface area contributed by atoms with Gasteiger partial charge in [-0.2, -0.15) is 0 Å². The van der Waals surface area contributed by atoms with E-state index in [2.05, 4.69) is 20.9 Å². The summed E-state index contributed by atoms with van der Waals surface area (Å²) in [5, 5.41) is 12.0. The molecule has 0 radical (unpaired) electrons. The molecule has 0 N–H and O–H groups in total. The van der Waals surface area contributed by atoms with Gasteiger partial charge in [0.2, 0.25) is 0 Å². The Hall–Kier alpha value is -1.76. The number of hydrogen-bond acceptors (Lipinski definition) is 4. The van der Waals surface area contributed by atoms with Crippen molar-refractivity contribution in [3.05, 3.63) is 45.0 Å². The maximum absolute atomic E-state index is 12.5. The largest absolute Gasteiger partial charge is 0.298 e. The highest BCUT2D eigenvalue weighted by atomic mass is 79.9. The number of nitro groups is 1. The Kier molecular flexibility index (Phi) is 3.52. The molecule has 1 aliphatic carbocycles. The van der Waals surface area contributed by atoms with Gasteiger partial charge in [-0.25, -0.2) is 4.98 Å². The summed E-state index contributed by atoms with van der Waals surface area (Å²) in [6, 6.07) is 4.19. The summed E-state index contributed by atoms with van der Waals surface area (Å²) < 4.78 is 1.58. The van der Waals surface area contributed by atoms with Crippen LogP contribution in [0.5, 0.6) is 0 Å². The summed E-state index contributed by atoms with van der Waals surface area (Å²) in [4.78, 5) is 27.1. The van der Waals surface area contributed by atoms with Crippen molar-refractivity contribution in [1.29, 1.82) is 0 Å². The summed E-state index contributed by atoms with van der Waals surface area (Å²) >= 11 is 3.52. The predicted molar refractivity (Wildman–Crippen MR) is 82.7 cm³/mol. The fraction of sp³-hybridized carbons (Fsp3) is 0.429. The van der Waals surface area contributed by atoms with Crippen molar-refractivity contribution in [3.8, 4) is 0 Å². The Labute approximate surface area is 129 Å². The lowest BCUT2D eigenvalue weighted by molar-refractivity contribution is -0.384. The van der Waals surface area contributed by atoms with E-state index in [1.54, 1.807) is 10.9 Å². The zero-order chi connectivity index (χ0) is 15.0. The second-order valence-corrected chi connectivity index (χ2v) is 6.18. The SMILES string of the molecule is O=c1c2cc([N+](=O)[O-])ccc2ncn1CC1(CBr)CCC1. The summed E-state index contributed by atoms with van der Waals surface area (Å²) in [6.45, 7) is 0.600. The van der Waals surface area contributed by atoms with E-state index in [1.807, 2.05) is 0 Å². The molecular formula is C14H14BrN3O3. The molecule has 3 rings (SSSR count). The minimum absolute atomic E-state index is 0.0852. The third kappa shape index (κ3) is 2.46. The van der Waals surface area contributed by atoms with Crippen molar-refractivity contribution >= 4 is 32.5 Å². The maximum atomic E-state index is 12.5. The molecule has 21 heavy (non-hydrogen) atoms. The molecule has 0 spiro atoms. The van der Waals surface area contributed by atoms with Gasteiger partial charge in [-0.3, -0.25) is 19.5 Å². The van der Waals surface area contributed by atoms with E-state index >= 15 is 0 Å². The first-order valence-electron chi connectivity index (χ1n) is 6.74. The average Bonchev–Trinajstić information content (AvgIpc) is 2.44. The lowest BCUT2D eigenvalue weighted by atomic mass is 9.70. The van der Waals surface area contributed by atoms with Crippen molar-refractivity contribution in [2.24, 2.45) is 5.41 Å². The van der Waals surface area contributed by atoms with Gasteiger partial charge in [0.1, 0.15) is 0 Å². The predicted octanol–water partition coefficient (Wildman–Crippen LogP) is 2.87. The van der Waals surface area contributed by atoms with E-state index in [-0.39, 0.29) is 16.7 Å². The maximum Gasteiger partial charge on any atom is 0.270 e. The van der Waals surface area contributed by atoms with Gasteiger partial charge in [0.05, 0.1) is 22.2 Å². The molecule has 0 atom stereocenters. The van der Waals surface area contributed by atoms with E-state index in [0.29, 0.717) is 17.4 Å². The summed E-state index contributed by atoms with van der Waals surface area (Å²) in [6.07, 6.45) is 4.88. The van der Waals surface area contributed by atoms with Crippen LogP contribution >= 0.6 is 15.9 Å². The topological polar surface area (TPSA) is 78.0 Å². The smallest absolute Gasteiger partial charge is 0.270 e. The van der Waals surface area contributed by atoms with Gasteiger partial charge >= 0.3 is 0 Å². The van der Waals surface area contributed by atoms with Crippen molar-refractivity contribution in [2.75, 3.05) is 5.33 Å². The molecule has 2 aromatic rings. The first-order valence-corrected chi connectivity index (χ1v) is 7.86. The Morgan fingerprint density at radius 2 is 2.19 bits per heavy atom. The zero-order valence-corrected chi connectivity index (χ0v) is 12.9. The summed E-state index contributed by atoms with van der Waals surface area (Å²) in [5.41, 5.74) is 0.303. The van der Waals surface area contributed by atoms with Crippen LogP contribution < -0.4 is 5.56 Å². The fourth-order valence-corrected chi connectivity index (χ4v) is 3.48. The molecule has 110 valence electrons. The van der Waals surface area contributed by atoms with Gasteiger partial charge in [0, 0.05) is 24.0 Å². The molecule has 1 saturated carbocycles. The number of nitro benzene ring substituents is 1. The number of non-ortho nitro benzene ring substituents is 1. The Morgan fingerprint density at radius 1 is 1.43 bits per heavy atom. The average molecular weight is 352 g/mol. The van der Waals surface area contributed by atoms with E-state index in [0.717, 1.165) is 18.2 Å². The lowest BCUT2D eigenvalue weighted by Gasteiger charge is -2.40. The molecule has 0 aliphatic heterocycles. The highest BCUT2D eigenvalue weighted by Crippen LogP contribution is 2.43. The number of hydrogen-bond donors (Lipinski definition) is 0. The van der Waals surface area contributed by atoms with Gasteiger partial charge in [-0.1, -0.05) is 22.4 Å². The molecule has 7 heteroatoms. The van der Waals surface area contributed by atoms with Crippen molar-refractivity contribution in [1.82, 2.24) is 9.55 Å². The Balaban J connectivity index is 2.06. The number of nitrogens with zero attached hydrogens (tertiary/aromatic N) is 3. The van der Waals surface area contributed by atoms with E-state index in [9.17, 15) is 14.9 Å². The molecule has 1 fully saturated rings. The van der Waals surface area contributed by atoms with Crippen LogP contribution in [0.4, 0.5) is 5.69 Å². The van der Waals surface area contributed by atoms with Crippen LogP contribution in [0.3, 0.4) is 0 Å². The van der Waals surface area contributed by atoms with E-state index in [4.69, 9.17) is 0 Å². The highest BCUT2D eigenvalue weighted by molar-refractivity contribution is 9.09. The molecule has 0 saturated heterocycles. The van der Waals surface area contributed by atoms with Crippen LogP contribution in [0.15, 0.2) is 29.3 Å². The molecule has 1 aromatic carbocycles. The zero-order valence-electron chi connectivity index (χ0n) is 11.3. The molecule has 1 aliphatic rings. The number of aromatic nitrogens is 2. The minimum Gasteiger partial charge on any atom is -0.298 e. The Morgan fingerprint density at radius 3 is 2.76 bits per heavy atom. The third-order valence-electron chi connectivity index (χ3n) is 4.22. The molecular weight excluding hydrogens is 338 g/mol. The van der Waals surface area contributed by atoms with Crippen LogP contribution in [-0.2, 0) is 6.54 Å². The van der Waals surface area contributed by atoms with Crippen LogP contribution in [0.1, 0.15) is 19.3 Å². The summed E-state index contributed by atoms with van der Waals surface area (Å²) in [7, 11) is 0. The molecule has 0 amide bonds.